The molecule has 21 heavy (non-hydrogen) atoms. The van der Waals surface area contributed by atoms with Gasteiger partial charge in [0.1, 0.15) is 5.69 Å². The first-order chi connectivity index (χ1) is 10.0. The number of anilines is 1. The zero-order valence-electron chi connectivity index (χ0n) is 11.7. The van der Waals surface area contributed by atoms with Crippen LogP contribution < -0.4 is 16.0 Å². The highest BCUT2D eigenvalue weighted by atomic mass is 16.6. The number of nitrogens with two attached hydrogens (primary N) is 1. The van der Waals surface area contributed by atoms with Gasteiger partial charge in [-0.2, -0.15) is 0 Å². The van der Waals surface area contributed by atoms with E-state index in [1.54, 1.807) is 6.07 Å². The molecule has 0 saturated carbocycles. The largest absolute Gasteiger partial charge is 0.373 e. The monoisotopic (exact) mass is 294 g/mol. The van der Waals surface area contributed by atoms with E-state index >= 15 is 0 Å². The summed E-state index contributed by atoms with van der Waals surface area (Å²) in [5, 5.41) is 14.3. The molecule has 2 rings (SSSR count). The lowest BCUT2D eigenvalue weighted by molar-refractivity contribution is -0.384. The van der Waals surface area contributed by atoms with Crippen LogP contribution in [-0.4, -0.2) is 50.2 Å². The van der Waals surface area contributed by atoms with Crippen LogP contribution in [0.5, 0.6) is 0 Å². The topological polar surface area (TPSA) is 111 Å². The average Bonchev–Trinajstić information content (AvgIpc) is 2.47. The maximum atomic E-state index is 11.2. The van der Waals surface area contributed by atoms with E-state index in [1.165, 1.54) is 12.1 Å². The van der Waals surface area contributed by atoms with E-state index in [1.807, 2.05) is 11.9 Å². The van der Waals surface area contributed by atoms with Crippen LogP contribution in [0.2, 0.25) is 0 Å². The van der Waals surface area contributed by atoms with Gasteiger partial charge >= 0.3 is 0 Å². The molecule has 1 fully saturated rings. The Balaban J connectivity index is 2.29. The Morgan fingerprint density at radius 3 is 3.00 bits per heavy atom. The molecule has 1 atom stereocenters. The van der Waals surface area contributed by atoms with Crippen molar-refractivity contribution in [3.63, 3.8) is 0 Å². The fourth-order valence-corrected chi connectivity index (χ4v) is 2.38. The van der Waals surface area contributed by atoms with Crippen molar-refractivity contribution in [1.29, 1.82) is 0 Å². The second kappa shape index (κ2) is 6.51. The number of hydrogen-bond acceptors (Lipinski definition) is 6. The minimum atomic E-state index is -0.681. The molecule has 0 radical (unpaired) electrons. The van der Waals surface area contributed by atoms with Crippen molar-refractivity contribution >= 4 is 17.3 Å². The van der Waals surface area contributed by atoms with Crippen molar-refractivity contribution in [1.82, 2.24) is 5.32 Å². The summed E-state index contributed by atoms with van der Waals surface area (Å²) >= 11 is 0. The van der Waals surface area contributed by atoms with Gasteiger partial charge in [0.05, 0.1) is 17.6 Å². The molecule has 1 saturated heterocycles. The maximum Gasteiger partial charge on any atom is 0.293 e. The molecule has 1 aliphatic rings. The number of ether oxygens (including phenoxy) is 1. The van der Waals surface area contributed by atoms with E-state index < -0.39 is 10.8 Å². The number of carbonyl (C=O) groups excluding carboxylic acids is 1. The third-order valence-electron chi connectivity index (χ3n) is 3.37. The van der Waals surface area contributed by atoms with E-state index in [9.17, 15) is 14.9 Å². The number of nitrogens with one attached hydrogen (secondary N) is 1. The number of carbonyl (C=O) groups is 1. The second-order valence-electron chi connectivity index (χ2n) is 4.82. The van der Waals surface area contributed by atoms with E-state index in [4.69, 9.17) is 10.5 Å². The first kappa shape index (κ1) is 15.2. The molecule has 8 nitrogen and oxygen atoms in total. The normalized spacial score (nSPS) is 18.5. The van der Waals surface area contributed by atoms with E-state index in [0.717, 1.165) is 0 Å². The highest BCUT2D eigenvalue weighted by molar-refractivity contribution is 5.94. The summed E-state index contributed by atoms with van der Waals surface area (Å²) in [6, 6.07) is 4.30. The lowest BCUT2D eigenvalue weighted by atomic mass is 10.1. The number of amides is 1. The predicted octanol–water partition coefficient (Wildman–Crippen LogP) is 0.118. The Bertz CT molecular complexity index is 547. The summed E-state index contributed by atoms with van der Waals surface area (Å²) in [6.07, 6.45) is -0.0285. The van der Waals surface area contributed by atoms with Crippen molar-refractivity contribution in [3.8, 4) is 0 Å². The molecule has 1 heterocycles. The summed E-state index contributed by atoms with van der Waals surface area (Å²) in [5.41, 5.74) is 5.67. The Morgan fingerprint density at radius 1 is 1.62 bits per heavy atom. The summed E-state index contributed by atoms with van der Waals surface area (Å²) in [4.78, 5) is 23.8. The van der Waals surface area contributed by atoms with Gasteiger partial charge in [0.25, 0.3) is 5.69 Å². The molecular formula is C13H18N4O4. The molecule has 114 valence electrons. The van der Waals surface area contributed by atoms with E-state index in [0.29, 0.717) is 31.9 Å². The second-order valence-corrected chi connectivity index (χ2v) is 4.82. The van der Waals surface area contributed by atoms with Gasteiger partial charge in [-0.15, -0.1) is 0 Å². The minimum absolute atomic E-state index is 0.0285. The summed E-state index contributed by atoms with van der Waals surface area (Å²) < 4.78 is 5.58. The molecule has 1 aliphatic heterocycles. The van der Waals surface area contributed by atoms with E-state index in [-0.39, 0.29) is 17.4 Å². The van der Waals surface area contributed by atoms with Crippen molar-refractivity contribution in [2.45, 2.75) is 6.10 Å². The van der Waals surface area contributed by atoms with Crippen LogP contribution in [0.1, 0.15) is 10.4 Å². The van der Waals surface area contributed by atoms with Crippen molar-refractivity contribution in [2.75, 3.05) is 38.2 Å². The van der Waals surface area contributed by atoms with E-state index in [2.05, 4.69) is 5.32 Å². The fourth-order valence-electron chi connectivity index (χ4n) is 2.38. The number of primary amides is 1. The molecular weight excluding hydrogens is 276 g/mol. The van der Waals surface area contributed by atoms with Crippen LogP contribution in [-0.2, 0) is 4.74 Å². The maximum absolute atomic E-state index is 11.2. The molecule has 8 heteroatoms. The number of morpholine rings is 1. The molecule has 1 unspecified atom stereocenters. The third kappa shape index (κ3) is 3.47. The van der Waals surface area contributed by atoms with Crippen LogP contribution in [0.3, 0.4) is 0 Å². The zero-order chi connectivity index (χ0) is 15.4. The Labute approximate surface area is 122 Å². The fraction of sp³-hybridized carbons (Fsp3) is 0.462. The standard InChI is InChI=1S/C13H18N4O4/c1-15-7-10-8-16(4-5-21-10)11-3-2-9(13(14)18)6-12(11)17(19)20/h2-3,6,10,15H,4-5,7-8H2,1H3,(H2,14,18). The van der Waals surface area contributed by atoms with Gasteiger partial charge in [0.15, 0.2) is 0 Å². The summed E-state index contributed by atoms with van der Waals surface area (Å²) in [6.45, 7) is 2.29. The summed E-state index contributed by atoms with van der Waals surface area (Å²) in [7, 11) is 1.83. The van der Waals surface area contributed by atoms with Gasteiger partial charge in [-0.25, -0.2) is 0 Å². The van der Waals surface area contributed by atoms with Crippen molar-refractivity contribution < 1.29 is 14.5 Å². The highest BCUT2D eigenvalue weighted by Gasteiger charge is 2.26. The van der Waals surface area contributed by atoms with Crippen LogP contribution in [0.15, 0.2) is 18.2 Å². The number of hydrogen-bond donors (Lipinski definition) is 2. The van der Waals surface area contributed by atoms with Gasteiger partial charge in [-0.3, -0.25) is 14.9 Å². The first-order valence-electron chi connectivity index (χ1n) is 6.62. The Morgan fingerprint density at radius 2 is 2.38 bits per heavy atom. The number of nitro benzene ring substituents is 1. The third-order valence-corrected chi connectivity index (χ3v) is 3.37. The van der Waals surface area contributed by atoms with Crippen molar-refractivity contribution in [2.24, 2.45) is 5.73 Å². The lowest BCUT2D eigenvalue weighted by Crippen LogP contribution is -2.46. The van der Waals surface area contributed by atoms with Gasteiger partial charge < -0.3 is 20.7 Å². The quantitative estimate of drug-likeness (QED) is 0.589. The first-order valence-corrected chi connectivity index (χ1v) is 6.62. The smallest absolute Gasteiger partial charge is 0.293 e. The molecule has 3 N–H and O–H groups in total. The summed E-state index contributed by atoms with van der Waals surface area (Å²) in [5.74, 6) is -0.681. The average molecular weight is 294 g/mol. The number of nitrogens with zero attached hydrogens (tertiary/aromatic N) is 2. The molecule has 0 spiro atoms. The molecule has 0 aliphatic carbocycles. The van der Waals surface area contributed by atoms with Crippen LogP contribution in [0, 0.1) is 10.1 Å². The molecule has 0 bridgehead atoms. The number of benzene rings is 1. The zero-order valence-corrected chi connectivity index (χ0v) is 11.7. The predicted molar refractivity (Wildman–Crippen MR) is 77.5 cm³/mol. The van der Waals surface area contributed by atoms with Crippen LogP contribution >= 0.6 is 0 Å². The van der Waals surface area contributed by atoms with Gasteiger partial charge in [-0.05, 0) is 19.2 Å². The van der Waals surface area contributed by atoms with Gasteiger partial charge in [-0.1, -0.05) is 0 Å². The SMILES string of the molecule is CNCC1CN(c2ccc(C(N)=O)cc2[N+](=O)[O-])CCO1. The number of likely N-dealkylation sites (N-methyl/N-ethyl adjacent to an activating group) is 1. The Hall–Kier alpha value is -2.19. The molecule has 1 aromatic rings. The van der Waals surface area contributed by atoms with Crippen LogP contribution in [0.4, 0.5) is 11.4 Å². The van der Waals surface area contributed by atoms with Crippen molar-refractivity contribution in [3.05, 3.63) is 33.9 Å². The molecule has 1 amide bonds. The van der Waals surface area contributed by atoms with Gasteiger partial charge in [0, 0.05) is 31.3 Å². The van der Waals surface area contributed by atoms with Gasteiger partial charge in [0.2, 0.25) is 5.91 Å². The highest BCUT2D eigenvalue weighted by Crippen LogP contribution is 2.30. The molecule has 0 aromatic heterocycles. The van der Waals surface area contributed by atoms with Crippen LogP contribution in [0.25, 0.3) is 0 Å². The minimum Gasteiger partial charge on any atom is -0.373 e. The number of rotatable bonds is 5. The number of nitro groups is 1. The molecule has 1 aromatic carbocycles. The Kier molecular flexibility index (Phi) is 4.71. The lowest BCUT2D eigenvalue weighted by Gasteiger charge is -2.34.